The molecule has 0 aliphatic rings. The molecule has 0 bridgehead atoms. The van der Waals surface area contributed by atoms with Crippen LogP contribution in [0.3, 0.4) is 0 Å². The molecule has 21 heavy (non-hydrogen) atoms. The number of carbonyl (C=O) groups is 1. The number of ether oxygens (including phenoxy) is 1. The minimum Gasteiger partial charge on any atom is -0.465 e. The van der Waals surface area contributed by atoms with Crippen LogP contribution in [-0.4, -0.2) is 48.7 Å². The van der Waals surface area contributed by atoms with Crippen molar-refractivity contribution < 1.29 is 9.53 Å². The van der Waals surface area contributed by atoms with Gasteiger partial charge in [0.1, 0.15) is 5.54 Å². The zero-order chi connectivity index (χ0) is 16.6. The summed E-state index contributed by atoms with van der Waals surface area (Å²) in [6.45, 7) is 16.1. The van der Waals surface area contributed by atoms with Gasteiger partial charge >= 0.3 is 5.97 Å². The molecule has 2 unspecified atom stereocenters. The fourth-order valence-electron chi connectivity index (χ4n) is 2.56. The van der Waals surface area contributed by atoms with Gasteiger partial charge in [0.05, 0.1) is 6.61 Å². The summed E-state index contributed by atoms with van der Waals surface area (Å²) in [6, 6.07) is 0.809. The van der Waals surface area contributed by atoms with E-state index in [1.165, 1.54) is 0 Å². The maximum atomic E-state index is 12.2. The van der Waals surface area contributed by atoms with Crippen LogP contribution in [-0.2, 0) is 9.53 Å². The lowest BCUT2D eigenvalue weighted by Gasteiger charge is -2.32. The molecule has 0 radical (unpaired) electrons. The highest BCUT2D eigenvalue weighted by Crippen LogP contribution is 2.17. The van der Waals surface area contributed by atoms with E-state index < -0.39 is 5.54 Å². The largest absolute Gasteiger partial charge is 0.465 e. The summed E-state index contributed by atoms with van der Waals surface area (Å²) in [7, 11) is 2.16. The number of esters is 1. The van der Waals surface area contributed by atoms with Crippen LogP contribution in [0.15, 0.2) is 0 Å². The lowest BCUT2D eigenvalue weighted by atomic mass is 9.94. The summed E-state index contributed by atoms with van der Waals surface area (Å²) in [5.74, 6) is 0.499. The minimum absolute atomic E-state index is 0.140. The van der Waals surface area contributed by atoms with Gasteiger partial charge in [0.15, 0.2) is 0 Å². The normalized spacial score (nSPS) is 16.3. The monoisotopic (exact) mass is 300 g/mol. The Hall–Kier alpha value is -0.610. The summed E-state index contributed by atoms with van der Waals surface area (Å²) in [5, 5.41) is 3.37. The average molecular weight is 300 g/mol. The molecular formula is C17H36N2O2. The lowest BCUT2D eigenvalue weighted by molar-refractivity contribution is -0.151. The van der Waals surface area contributed by atoms with Gasteiger partial charge < -0.3 is 9.64 Å². The molecule has 0 rings (SSSR count). The number of rotatable bonds is 10. The Morgan fingerprint density at radius 2 is 1.81 bits per heavy atom. The maximum Gasteiger partial charge on any atom is 0.326 e. The molecule has 0 saturated carbocycles. The second kappa shape index (κ2) is 9.42. The van der Waals surface area contributed by atoms with Crippen molar-refractivity contribution in [3.8, 4) is 0 Å². The zero-order valence-electron chi connectivity index (χ0n) is 15.3. The molecule has 0 aromatic heterocycles. The Bertz CT molecular complexity index is 305. The van der Waals surface area contributed by atoms with Gasteiger partial charge in [-0.05, 0) is 67.0 Å². The summed E-state index contributed by atoms with van der Waals surface area (Å²) >= 11 is 0. The molecule has 0 heterocycles. The van der Waals surface area contributed by atoms with E-state index in [0.717, 1.165) is 19.4 Å². The molecule has 0 aliphatic heterocycles. The van der Waals surface area contributed by atoms with Crippen LogP contribution in [0.4, 0.5) is 0 Å². The third-order valence-electron chi connectivity index (χ3n) is 4.18. The van der Waals surface area contributed by atoms with E-state index in [4.69, 9.17) is 4.74 Å². The van der Waals surface area contributed by atoms with Crippen molar-refractivity contribution in [2.45, 2.75) is 78.9 Å². The molecule has 0 aromatic rings. The Morgan fingerprint density at radius 3 is 2.24 bits per heavy atom. The maximum absolute atomic E-state index is 12.2. The lowest BCUT2D eigenvalue weighted by Crippen LogP contribution is -2.53. The summed E-state index contributed by atoms with van der Waals surface area (Å²) in [6.07, 6.45) is 1.77. The van der Waals surface area contributed by atoms with Crippen LogP contribution in [0.2, 0.25) is 0 Å². The van der Waals surface area contributed by atoms with E-state index in [9.17, 15) is 4.79 Å². The highest BCUT2D eigenvalue weighted by atomic mass is 16.5. The van der Waals surface area contributed by atoms with Gasteiger partial charge in [-0.1, -0.05) is 13.8 Å². The van der Waals surface area contributed by atoms with Crippen molar-refractivity contribution in [2.75, 3.05) is 20.2 Å². The molecule has 0 spiro atoms. The first-order valence-corrected chi connectivity index (χ1v) is 8.29. The second-order valence-electron chi connectivity index (χ2n) is 6.92. The average Bonchev–Trinajstić information content (AvgIpc) is 2.36. The molecule has 0 saturated heterocycles. The Labute approximate surface area is 131 Å². The van der Waals surface area contributed by atoms with Crippen molar-refractivity contribution >= 4 is 5.97 Å². The van der Waals surface area contributed by atoms with E-state index in [0.29, 0.717) is 18.6 Å². The van der Waals surface area contributed by atoms with Gasteiger partial charge in [-0.2, -0.15) is 0 Å². The van der Waals surface area contributed by atoms with Crippen LogP contribution >= 0.6 is 0 Å². The van der Waals surface area contributed by atoms with Crippen molar-refractivity contribution in [1.29, 1.82) is 0 Å². The molecule has 0 amide bonds. The van der Waals surface area contributed by atoms with E-state index in [1.807, 2.05) is 13.8 Å². The van der Waals surface area contributed by atoms with Crippen LogP contribution in [0.1, 0.15) is 61.3 Å². The first-order chi connectivity index (χ1) is 9.64. The standard InChI is InChI=1S/C17H36N2O2/c1-9-21-16(20)17(7,18-14(4)5)11-10-12-19(8)15(6)13(2)3/h13-15,18H,9-12H2,1-8H3. The predicted molar refractivity (Wildman–Crippen MR) is 89.5 cm³/mol. The number of nitrogens with one attached hydrogen (secondary N) is 1. The van der Waals surface area contributed by atoms with Crippen LogP contribution in [0.25, 0.3) is 0 Å². The van der Waals surface area contributed by atoms with Crippen LogP contribution in [0.5, 0.6) is 0 Å². The first-order valence-electron chi connectivity index (χ1n) is 8.29. The fourth-order valence-corrected chi connectivity index (χ4v) is 2.56. The number of hydrogen-bond donors (Lipinski definition) is 1. The Balaban J connectivity index is 4.53. The fraction of sp³-hybridized carbons (Fsp3) is 0.941. The van der Waals surface area contributed by atoms with Gasteiger partial charge in [0, 0.05) is 12.1 Å². The van der Waals surface area contributed by atoms with E-state index in [2.05, 4.69) is 51.9 Å². The molecule has 4 heteroatoms. The van der Waals surface area contributed by atoms with Crippen LogP contribution in [0, 0.1) is 5.92 Å². The molecule has 0 aromatic carbocycles. The third-order valence-corrected chi connectivity index (χ3v) is 4.18. The number of hydrogen-bond acceptors (Lipinski definition) is 4. The van der Waals surface area contributed by atoms with Crippen molar-refractivity contribution in [2.24, 2.45) is 5.92 Å². The van der Waals surface area contributed by atoms with Crippen molar-refractivity contribution in [1.82, 2.24) is 10.2 Å². The molecule has 4 nitrogen and oxygen atoms in total. The second-order valence-corrected chi connectivity index (χ2v) is 6.92. The third kappa shape index (κ3) is 7.28. The van der Waals surface area contributed by atoms with Crippen LogP contribution < -0.4 is 5.32 Å². The molecular weight excluding hydrogens is 264 g/mol. The van der Waals surface area contributed by atoms with Gasteiger partial charge in [-0.3, -0.25) is 10.1 Å². The summed E-state index contributed by atoms with van der Waals surface area (Å²) in [4.78, 5) is 14.6. The van der Waals surface area contributed by atoms with Gasteiger partial charge in [-0.25, -0.2) is 0 Å². The summed E-state index contributed by atoms with van der Waals surface area (Å²) in [5.41, 5.74) is -0.591. The first kappa shape index (κ1) is 20.4. The number of nitrogens with zero attached hydrogens (tertiary/aromatic N) is 1. The Morgan fingerprint density at radius 1 is 1.24 bits per heavy atom. The molecule has 1 N–H and O–H groups in total. The van der Waals surface area contributed by atoms with Gasteiger partial charge in [0.25, 0.3) is 0 Å². The minimum atomic E-state index is -0.591. The van der Waals surface area contributed by atoms with E-state index in [1.54, 1.807) is 0 Å². The van der Waals surface area contributed by atoms with E-state index in [-0.39, 0.29) is 12.0 Å². The zero-order valence-corrected chi connectivity index (χ0v) is 15.3. The predicted octanol–water partition coefficient (Wildman–Crippen LogP) is 3.06. The highest BCUT2D eigenvalue weighted by molar-refractivity contribution is 5.80. The Kier molecular flexibility index (Phi) is 9.14. The number of carbonyl (C=O) groups excluding carboxylic acids is 1. The quantitative estimate of drug-likeness (QED) is 0.630. The SMILES string of the molecule is CCOC(=O)C(C)(CCCN(C)C(C)C(C)C)NC(C)C. The summed E-state index contributed by atoms with van der Waals surface area (Å²) < 4.78 is 5.24. The molecule has 0 fully saturated rings. The molecule has 2 atom stereocenters. The highest BCUT2D eigenvalue weighted by Gasteiger charge is 2.34. The smallest absolute Gasteiger partial charge is 0.326 e. The molecule has 0 aliphatic carbocycles. The van der Waals surface area contributed by atoms with Gasteiger partial charge in [-0.15, -0.1) is 0 Å². The molecule has 126 valence electrons. The topological polar surface area (TPSA) is 41.6 Å². The van der Waals surface area contributed by atoms with Crippen molar-refractivity contribution in [3.63, 3.8) is 0 Å². The van der Waals surface area contributed by atoms with E-state index >= 15 is 0 Å². The van der Waals surface area contributed by atoms with Crippen molar-refractivity contribution in [3.05, 3.63) is 0 Å². The van der Waals surface area contributed by atoms with Gasteiger partial charge in [0.2, 0.25) is 0 Å².